The topological polar surface area (TPSA) is 64.3 Å². The Bertz CT molecular complexity index is 577. The summed E-state index contributed by atoms with van der Waals surface area (Å²) in [5, 5.41) is 19.0. The highest BCUT2D eigenvalue weighted by atomic mass is 16.3. The molecule has 2 bridgehead atoms. The number of fused-ring (bicyclic) bond motifs is 2. The first-order valence-corrected chi connectivity index (χ1v) is 7.11. The molecule has 0 aliphatic carbocycles. The Balaban J connectivity index is 2.05. The van der Waals surface area contributed by atoms with Crippen molar-refractivity contribution in [3.63, 3.8) is 0 Å². The summed E-state index contributed by atoms with van der Waals surface area (Å²) in [6.07, 6.45) is 3.38. The van der Waals surface area contributed by atoms with Gasteiger partial charge in [-0.2, -0.15) is 5.26 Å². The second-order valence-corrected chi connectivity index (χ2v) is 5.82. The van der Waals surface area contributed by atoms with Gasteiger partial charge in [0.1, 0.15) is 0 Å². The van der Waals surface area contributed by atoms with Gasteiger partial charge in [0.25, 0.3) is 0 Å². The fraction of sp³-hybridized carbons (Fsp3) is 0.500. The largest absolute Gasteiger partial charge is 0.393 e. The van der Waals surface area contributed by atoms with Crippen LogP contribution in [0.25, 0.3) is 0 Å². The van der Waals surface area contributed by atoms with E-state index in [1.807, 2.05) is 6.07 Å². The van der Waals surface area contributed by atoms with Crippen LogP contribution < -0.4 is 4.90 Å². The highest BCUT2D eigenvalue weighted by Crippen LogP contribution is 2.41. The number of benzene rings is 1. The average molecular weight is 270 g/mol. The number of carbonyl (C=O) groups is 1. The van der Waals surface area contributed by atoms with Gasteiger partial charge < -0.3 is 10.0 Å². The van der Waals surface area contributed by atoms with Crippen LogP contribution >= 0.6 is 0 Å². The Hall–Kier alpha value is -1.86. The van der Waals surface area contributed by atoms with Crippen molar-refractivity contribution in [3.05, 3.63) is 29.3 Å². The highest BCUT2D eigenvalue weighted by Gasteiger charge is 2.41. The molecule has 2 heterocycles. The number of anilines is 1. The molecule has 0 saturated carbocycles. The molecule has 4 nitrogen and oxygen atoms in total. The Morgan fingerprint density at radius 2 is 2.00 bits per heavy atom. The lowest BCUT2D eigenvalue weighted by molar-refractivity contribution is 0.101. The van der Waals surface area contributed by atoms with E-state index in [9.17, 15) is 9.90 Å². The number of Topliss-reactive ketones (excluding diaryl/α,β-unsaturated/α-hetero) is 1. The van der Waals surface area contributed by atoms with E-state index in [1.165, 1.54) is 0 Å². The molecule has 20 heavy (non-hydrogen) atoms. The van der Waals surface area contributed by atoms with E-state index < -0.39 is 0 Å². The highest BCUT2D eigenvalue weighted by molar-refractivity contribution is 6.00. The van der Waals surface area contributed by atoms with E-state index in [0.29, 0.717) is 11.1 Å². The normalized spacial score (nSPS) is 28.2. The van der Waals surface area contributed by atoms with Crippen LogP contribution in [0.2, 0.25) is 0 Å². The molecule has 1 aromatic carbocycles. The molecule has 2 unspecified atom stereocenters. The van der Waals surface area contributed by atoms with Gasteiger partial charge in [-0.25, -0.2) is 0 Å². The summed E-state index contributed by atoms with van der Waals surface area (Å²) < 4.78 is 0. The van der Waals surface area contributed by atoms with Gasteiger partial charge in [-0.3, -0.25) is 4.79 Å². The van der Waals surface area contributed by atoms with Gasteiger partial charge in [0.15, 0.2) is 5.78 Å². The number of hydrogen-bond acceptors (Lipinski definition) is 4. The average Bonchev–Trinajstić information content (AvgIpc) is 2.70. The zero-order chi connectivity index (χ0) is 14.3. The van der Waals surface area contributed by atoms with Crippen molar-refractivity contribution in [1.29, 1.82) is 5.26 Å². The Morgan fingerprint density at radius 1 is 1.35 bits per heavy atom. The number of hydrogen-bond donors (Lipinski definition) is 1. The molecule has 2 aliphatic rings. The Morgan fingerprint density at radius 3 is 2.55 bits per heavy atom. The fourth-order valence-corrected chi connectivity index (χ4v) is 3.65. The van der Waals surface area contributed by atoms with Gasteiger partial charge in [-0.1, -0.05) is 0 Å². The van der Waals surface area contributed by atoms with Crippen molar-refractivity contribution in [2.24, 2.45) is 0 Å². The summed E-state index contributed by atoms with van der Waals surface area (Å²) in [6, 6.07) is 7.98. The zero-order valence-corrected chi connectivity index (χ0v) is 11.5. The lowest BCUT2D eigenvalue weighted by Crippen LogP contribution is -2.45. The standard InChI is InChI=1S/C16H18N2O2/c1-10(19)15-5-2-11(9-17)6-16(15)18-12-3-4-13(18)8-14(20)7-12/h2,5-6,12-14,20H,3-4,7-8H2,1H3. The van der Waals surface area contributed by atoms with E-state index in [0.717, 1.165) is 31.4 Å². The van der Waals surface area contributed by atoms with Gasteiger partial charge >= 0.3 is 0 Å². The SMILES string of the molecule is CC(=O)c1ccc(C#N)cc1N1C2CCC1CC(O)C2. The van der Waals surface area contributed by atoms with Crippen LogP contribution in [-0.4, -0.2) is 29.1 Å². The quantitative estimate of drug-likeness (QED) is 0.837. The summed E-state index contributed by atoms with van der Waals surface area (Å²) in [5.41, 5.74) is 2.13. The summed E-state index contributed by atoms with van der Waals surface area (Å²) in [6.45, 7) is 1.56. The number of nitrogens with zero attached hydrogens (tertiary/aromatic N) is 2. The molecule has 2 atom stereocenters. The molecule has 0 radical (unpaired) electrons. The molecule has 1 N–H and O–H groups in total. The van der Waals surface area contributed by atoms with E-state index in [-0.39, 0.29) is 24.0 Å². The van der Waals surface area contributed by atoms with Crippen molar-refractivity contribution in [2.75, 3.05) is 4.90 Å². The molecule has 0 amide bonds. The predicted molar refractivity (Wildman–Crippen MR) is 75.7 cm³/mol. The number of nitriles is 1. The number of aliphatic hydroxyl groups is 1. The van der Waals surface area contributed by atoms with Crippen LogP contribution in [0.5, 0.6) is 0 Å². The Labute approximate surface area is 118 Å². The first kappa shape index (κ1) is 13.1. The monoisotopic (exact) mass is 270 g/mol. The van der Waals surface area contributed by atoms with Gasteiger partial charge in [0, 0.05) is 23.3 Å². The van der Waals surface area contributed by atoms with Crippen LogP contribution in [0.15, 0.2) is 18.2 Å². The molecule has 4 heteroatoms. The smallest absolute Gasteiger partial charge is 0.161 e. The summed E-state index contributed by atoms with van der Waals surface area (Å²) in [4.78, 5) is 14.1. The van der Waals surface area contributed by atoms with Crippen LogP contribution in [-0.2, 0) is 0 Å². The summed E-state index contributed by atoms with van der Waals surface area (Å²) in [5.74, 6) is 0.0232. The van der Waals surface area contributed by atoms with Crippen molar-refractivity contribution < 1.29 is 9.90 Å². The zero-order valence-electron chi connectivity index (χ0n) is 11.5. The Kier molecular flexibility index (Phi) is 3.23. The van der Waals surface area contributed by atoms with Crippen LogP contribution in [0.1, 0.15) is 48.5 Å². The summed E-state index contributed by atoms with van der Waals surface area (Å²) in [7, 11) is 0. The fourth-order valence-electron chi connectivity index (χ4n) is 3.65. The van der Waals surface area contributed by atoms with E-state index in [4.69, 9.17) is 5.26 Å². The minimum atomic E-state index is -0.233. The number of rotatable bonds is 2. The maximum absolute atomic E-state index is 11.8. The minimum Gasteiger partial charge on any atom is -0.393 e. The third-order valence-electron chi connectivity index (χ3n) is 4.49. The van der Waals surface area contributed by atoms with E-state index in [2.05, 4.69) is 11.0 Å². The van der Waals surface area contributed by atoms with Crippen molar-refractivity contribution >= 4 is 11.5 Å². The van der Waals surface area contributed by atoms with Crippen molar-refractivity contribution in [1.82, 2.24) is 0 Å². The van der Waals surface area contributed by atoms with Crippen molar-refractivity contribution in [3.8, 4) is 6.07 Å². The molecule has 2 fully saturated rings. The maximum Gasteiger partial charge on any atom is 0.161 e. The molecule has 0 spiro atoms. The molecule has 1 aromatic rings. The third kappa shape index (κ3) is 2.08. The molecular weight excluding hydrogens is 252 g/mol. The molecular formula is C16H18N2O2. The number of piperidine rings is 1. The second-order valence-electron chi connectivity index (χ2n) is 5.82. The molecule has 0 aromatic heterocycles. The molecule has 104 valence electrons. The molecule has 3 rings (SSSR count). The first-order chi connectivity index (χ1) is 9.60. The van der Waals surface area contributed by atoms with Crippen molar-refractivity contribution in [2.45, 2.75) is 50.8 Å². The molecule has 2 aliphatic heterocycles. The van der Waals surface area contributed by atoms with Gasteiger partial charge in [0.05, 0.1) is 17.7 Å². The van der Waals surface area contributed by atoms with Crippen LogP contribution in [0.4, 0.5) is 5.69 Å². The number of aliphatic hydroxyl groups excluding tert-OH is 1. The lowest BCUT2D eigenvalue weighted by atomic mass is 9.96. The second kappa shape index (κ2) is 4.92. The predicted octanol–water partition coefficient (Wildman–Crippen LogP) is 2.25. The molecule has 2 saturated heterocycles. The van der Waals surface area contributed by atoms with Gasteiger partial charge in [-0.15, -0.1) is 0 Å². The maximum atomic E-state index is 11.8. The number of carbonyl (C=O) groups excluding carboxylic acids is 1. The third-order valence-corrected chi connectivity index (χ3v) is 4.49. The van der Waals surface area contributed by atoms with Crippen LogP contribution in [0.3, 0.4) is 0 Å². The van der Waals surface area contributed by atoms with Gasteiger partial charge in [-0.05, 0) is 50.8 Å². The first-order valence-electron chi connectivity index (χ1n) is 7.11. The van der Waals surface area contributed by atoms with E-state index >= 15 is 0 Å². The summed E-state index contributed by atoms with van der Waals surface area (Å²) >= 11 is 0. The minimum absolute atomic E-state index is 0.0232. The lowest BCUT2D eigenvalue weighted by Gasteiger charge is -2.39. The van der Waals surface area contributed by atoms with E-state index in [1.54, 1.807) is 19.1 Å². The van der Waals surface area contributed by atoms with Crippen LogP contribution in [0, 0.1) is 11.3 Å². The van der Waals surface area contributed by atoms with Gasteiger partial charge in [0.2, 0.25) is 0 Å². The number of ketones is 1.